The summed E-state index contributed by atoms with van der Waals surface area (Å²) in [5.41, 5.74) is 2.30. The van der Waals surface area contributed by atoms with Crippen LogP contribution in [0, 0.1) is 5.82 Å². The molecule has 0 spiro atoms. The Kier molecular flexibility index (Phi) is 3.28. The molecule has 1 heterocycles. The Morgan fingerprint density at radius 2 is 2.00 bits per heavy atom. The molecule has 0 saturated carbocycles. The number of aromatic nitrogens is 1. The van der Waals surface area contributed by atoms with Gasteiger partial charge in [-0.2, -0.15) is 0 Å². The van der Waals surface area contributed by atoms with Gasteiger partial charge < -0.3 is 4.42 Å². The van der Waals surface area contributed by atoms with Crippen LogP contribution in [0.15, 0.2) is 45.6 Å². The number of halogens is 3. The van der Waals surface area contributed by atoms with Crippen LogP contribution in [0.2, 0.25) is 5.02 Å². The van der Waals surface area contributed by atoms with Gasteiger partial charge in [-0.3, -0.25) is 4.98 Å². The van der Waals surface area contributed by atoms with Crippen LogP contribution >= 0.6 is 23.2 Å². The van der Waals surface area contributed by atoms with Crippen molar-refractivity contribution in [2.24, 2.45) is 0 Å². The van der Waals surface area contributed by atoms with E-state index in [1.807, 2.05) is 0 Å². The second-order valence-corrected chi connectivity index (χ2v) is 5.14. The molecule has 1 aromatic heterocycles. The molecule has 1 atom stereocenters. The number of hydrogen-bond donors (Lipinski definition) is 1. The molecule has 1 unspecified atom stereocenters. The number of aromatic amines is 1. The normalized spacial score (nSPS) is 12.8. The van der Waals surface area contributed by atoms with Gasteiger partial charge in [0.15, 0.2) is 5.58 Å². The van der Waals surface area contributed by atoms with E-state index in [-0.39, 0.29) is 5.02 Å². The van der Waals surface area contributed by atoms with Crippen molar-refractivity contribution in [3.05, 3.63) is 68.9 Å². The van der Waals surface area contributed by atoms with E-state index in [0.717, 1.165) is 0 Å². The van der Waals surface area contributed by atoms with Crippen LogP contribution in [0.1, 0.15) is 16.5 Å². The Hall–Kier alpha value is -1.78. The van der Waals surface area contributed by atoms with Crippen molar-refractivity contribution in [2.75, 3.05) is 0 Å². The molecule has 3 aromatic rings. The molecular weight excluding hydrogens is 304 g/mol. The number of oxazole rings is 1. The SMILES string of the molecule is O=c1[nH]c2ccc(C(Cl)c3ccc(F)cc3Cl)cc2o1. The Morgan fingerprint density at radius 3 is 2.75 bits per heavy atom. The Balaban J connectivity index is 2.06. The second-order valence-electron chi connectivity index (χ2n) is 4.30. The van der Waals surface area contributed by atoms with Crippen LogP contribution in [0.4, 0.5) is 4.39 Å². The maximum Gasteiger partial charge on any atom is 0.417 e. The molecule has 0 bridgehead atoms. The topological polar surface area (TPSA) is 46.0 Å². The van der Waals surface area contributed by atoms with E-state index < -0.39 is 17.0 Å². The Bertz CT molecular complexity index is 841. The largest absolute Gasteiger partial charge is 0.417 e. The predicted molar refractivity (Wildman–Crippen MR) is 75.9 cm³/mol. The Morgan fingerprint density at radius 1 is 1.20 bits per heavy atom. The van der Waals surface area contributed by atoms with Gasteiger partial charge in [0.05, 0.1) is 10.9 Å². The van der Waals surface area contributed by atoms with Crippen molar-refractivity contribution in [1.82, 2.24) is 4.98 Å². The quantitative estimate of drug-likeness (QED) is 0.719. The molecule has 0 aliphatic rings. The summed E-state index contributed by atoms with van der Waals surface area (Å²) >= 11 is 12.4. The number of rotatable bonds is 2. The van der Waals surface area contributed by atoms with Gasteiger partial charge in [-0.05, 0) is 35.4 Å². The molecule has 0 fully saturated rings. The first kappa shape index (κ1) is 13.2. The first-order chi connectivity index (χ1) is 9.54. The average molecular weight is 312 g/mol. The molecule has 6 heteroatoms. The highest BCUT2D eigenvalue weighted by atomic mass is 35.5. The van der Waals surface area contributed by atoms with Gasteiger partial charge in [0.25, 0.3) is 0 Å². The van der Waals surface area contributed by atoms with Gasteiger partial charge >= 0.3 is 5.76 Å². The molecule has 3 rings (SSSR count). The van der Waals surface area contributed by atoms with Crippen LogP contribution in [-0.2, 0) is 0 Å². The molecule has 0 amide bonds. The van der Waals surface area contributed by atoms with Crippen molar-refractivity contribution >= 4 is 34.3 Å². The fourth-order valence-electron chi connectivity index (χ4n) is 2.01. The minimum Gasteiger partial charge on any atom is -0.408 e. The minimum absolute atomic E-state index is 0.251. The van der Waals surface area contributed by atoms with Gasteiger partial charge in [-0.25, -0.2) is 9.18 Å². The molecule has 0 radical (unpaired) electrons. The number of alkyl halides is 1. The summed E-state index contributed by atoms with van der Waals surface area (Å²) in [7, 11) is 0. The lowest BCUT2D eigenvalue weighted by molar-refractivity contribution is 0.555. The third kappa shape index (κ3) is 2.32. The zero-order chi connectivity index (χ0) is 14.3. The number of benzene rings is 2. The van der Waals surface area contributed by atoms with Gasteiger partial charge in [0.1, 0.15) is 5.82 Å². The number of nitrogens with one attached hydrogen (secondary N) is 1. The standard InChI is InChI=1S/C14H8Cl2FNO2/c15-10-6-8(17)2-3-9(10)13(16)7-1-4-11-12(5-7)20-14(19)18-11/h1-6,13H,(H,18,19). The van der Waals surface area contributed by atoms with E-state index in [9.17, 15) is 9.18 Å². The van der Waals surface area contributed by atoms with Crippen LogP contribution in [0.5, 0.6) is 0 Å². The molecule has 0 saturated heterocycles. The smallest absolute Gasteiger partial charge is 0.408 e. The van der Waals surface area contributed by atoms with E-state index in [1.165, 1.54) is 18.2 Å². The second kappa shape index (κ2) is 4.96. The van der Waals surface area contributed by atoms with Crippen LogP contribution in [0.3, 0.4) is 0 Å². The van der Waals surface area contributed by atoms with Crippen molar-refractivity contribution in [1.29, 1.82) is 0 Å². The third-order valence-corrected chi connectivity index (χ3v) is 3.79. The highest BCUT2D eigenvalue weighted by Crippen LogP contribution is 2.34. The molecule has 3 nitrogen and oxygen atoms in total. The predicted octanol–water partition coefficient (Wildman–Crippen LogP) is 4.24. The summed E-state index contributed by atoms with van der Waals surface area (Å²) < 4.78 is 18.0. The third-order valence-electron chi connectivity index (χ3n) is 2.97. The first-order valence-electron chi connectivity index (χ1n) is 5.76. The number of H-pyrrole nitrogens is 1. The summed E-state index contributed by atoms with van der Waals surface area (Å²) in [6.07, 6.45) is 0. The van der Waals surface area contributed by atoms with E-state index in [4.69, 9.17) is 27.6 Å². The number of hydrogen-bond acceptors (Lipinski definition) is 2. The van der Waals surface area contributed by atoms with Crippen molar-refractivity contribution in [3.8, 4) is 0 Å². The highest BCUT2D eigenvalue weighted by molar-refractivity contribution is 6.33. The zero-order valence-corrected chi connectivity index (χ0v) is 11.5. The minimum atomic E-state index is -0.562. The van der Waals surface area contributed by atoms with E-state index in [2.05, 4.69) is 4.98 Å². The monoisotopic (exact) mass is 311 g/mol. The fraction of sp³-hybridized carbons (Fsp3) is 0.0714. The van der Waals surface area contributed by atoms with Gasteiger partial charge in [-0.1, -0.05) is 23.7 Å². The van der Waals surface area contributed by atoms with Gasteiger partial charge in [0.2, 0.25) is 0 Å². The first-order valence-corrected chi connectivity index (χ1v) is 6.58. The summed E-state index contributed by atoms with van der Waals surface area (Å²) in [6, 6.07) is 9.15. The van der Waals surface area contributed by atoms with Gasteiger partial charge in [0, 0.05) is 5.02 Å². The number of fused-ring (bicyclic) bond motifs is 1. The molecule has 1 N–H and O–H groups in total. The van der Waals surface area contributed by atoms with Gasteiger partial charge in [-0.15, -0.1) is 11.6 Å². The van der Waals surface area contributed by atoms with E-state index in [0.29, 0.717) is 22.2 Å². The molecule has 0 aliphatic carbocycles. The molecule has 2 aromatic carbocycles. The lowest BCUT2D eigenvalue weighted by Crippen LogP contribution is -1.95. The summed E-state index contributed by atoms with van der Waals surface area (Å²) in [6.45, 7) is 0. The Labute approximate surface area is 122 Å². The zero-order valence-electron chi connectivity index (χ0n) is 9.99. The average Bonchev–Trinajstić information content (AvgIpc) is 2.77. The lowest BCUT2D eigenvalue weighted by atomic mass is 10.0. The molecule has 20 heavy (non-hydrogen) atoms. The van der Waals surface area contributed by atoms with E-state index >= 15 is 0 Å². The summed E-state index contributed by atoms with van der Waals surface area (Å²) in [5.74, 6) is -0.946. The molecule has 0 aliphatic heterocycles. The maximum atomic E-state index is 13.0. The summed E-state index contributed by atoms with van der Waals surface area (Å²) in [5, 5.41) is -0.312. The molecule has 102 valence electrons. The van der Waals surface area contributed by atoms with Crippen LogP contribution < -0.4 is 5.76 Å². The fourth-order valence-corrected chi connectivity index (χ4v) is 2.66. The molecular formula is C14H8Cl2FNO2. The summed E-state index contributed by atoms with van der Waals surface area (Å²) in [4.78, 5) is 13.7. The highest BCUT2D eigenvalue weighted by Gasteiger charge is 2.16. The maximum absolute atomic E-state index is 13.0. The van der Waals surface area contributed by atoms with Crippen molar-refractivity contribution < 1.29 is 8.81 Å². The van der Waals surface area contributed by atoms with Crippen LogP contribution in [-0.4, -0.2) is 4.98 Å². The van der Waals surface area contributed by atoms with Crippen molar-refractivity contribution in [2.45, 2.75) is 5.38 Å². The lowest BCUT2D eigenvalue weighted by Gasteiger charge is -2.12. The van der Waals surface area contributed by atoms with E-state index in [1.54, 1.807) is 18.2 Å². The van der Waals surface area contributed by atoms with Crippen LogP contribution in [0.25, 0.3) is 11.1 Å². The van der Waals surface area contributed by atoms with Crippen molar-refractivity contribution in [3.63, 3.8) is 0 Å².